The minimum atomic E-state index is 0.591. The maximum atomic E-state index is 6.10. The monoisotopic (exact) mass is 458 g/mol. The molecule has 0 radical (unpaired) electrons. The summed E-state index contributed by atoms with van der Waals surface area (Å²) in [7, 11) is 0. The topological polar surface area (TPSA) is 25.4 Å². The molecule has 3 heterocycles. The highest BCUT2D eigenvalue weighted by Gasteiger charge is 2.07. The standard InChI is InChI=1S/C27H26N2OS2/c1-2-12-29(13-5-8-22-7-4-11-28-17-22)18-23-6-3-9-26(15-23)30-19-27-16-25(21-32-27)24-10-14-31-20-24/h3-4,6-7,9-11,14-17,20-21H,2,12-13,18-19H2,1H3. The second-order valence-electron chi connectivity index (χ2n) is 7.50. The van der Waals surface area contributed by atoms with Crippen LogP contribution in [0.2, 0.25) is 0 Å². The molecule has 0 unspecified atom stereocenters. The van der Waals surface area contributed by atoms with E-state index in [2.05, 4.69) is 75.1 Å². The van der Waals surface area contributed by atoms with E-state index in [1.807, 2.05) is 18.2 Å². The highest BCUT2D eigenvalue weighted by molar-refractivity contribution is 7.10. The highest BCUT2D eigenvalue weighted by atomic mass is 32.1. The minimum absolute atomic E-state index is 0.591. The lowest BCUT2D eigenvalue weighted by Crippen LogP contribution is -2.24. The van der Waals surface area contributed by atoms with Gasteiger partial charge >= 0.3 is 0 Å². The first-order valence-electron chi connectivity index (χ1n) is 10.7. The van der Waals surface area contributed by atoms with Gasteiger partial charge in [0.2, 0.25) is 0 Å². The van der Waals surface area contributed by atoms with Gasteiger partial charge in [-0.25, -0.2) is 0 Å². The third-order valence-electron chi connectivity index (χ3n) is 4.93. The fourth-order valence-corrected chi connectivity index (χ4v) is 4.87. The number of aromatic nitrogens is 1. The molecule has 0 saturated heterocycles. The maximum Gasteiger partial charge on any atom is 0.122 e. The predicted octanol–water partition coefficient (Wildman–Crippen LogP) is 6.71. The smallest absolute Gasteiger partial charge is 0.122 e. The molecular weight excluding hydrogens is 432 g/mol. The molecule has 0 aliphatic heterocycles. The second kappa shape index (κ2) is 11.6. The molecule has 3 aromatic heterocycles. The summed E-state index contributed by atoms with van der Waals surface area (Å²) in [6.45, 7) is 5.38. The lowest BCUT2D eigenvalue weighted by atomic mass is 10.2. The van der Waals surface area contributed by atoms with Crippen molar-refractivity contribution >= 4 is 22.7 Å². The first-order chi connectivity index (χ1) is 15.8. The van der Waals surface area contributed by atoms with Gasteiger partial charge in [0, 0.05) is 29.4 Å². The van der Waals surface area contributed by atoms with Gasteiger partial charge in [0.15, 0.2) is 0 Å². The Hall–Kier alpha value is -2.91. The zero-order valence-corrected chi connectivity index (χ0v) is 19.8. The zero-order valence-electron chi connectivity index (χ0n) is 18.2. The average Bonchev–Trinajstić information content (AvgIpc) is 3.51. The lowest BCUT2D eigenvalue weighted by Gasteiger charge is -2.19. The van der Waals surface area contributed by atoms with E-state index >= 15 is 0 Å². The fraction of sp³-hybridized carbons (Fsp3) is 0.222. The molecule has 0 aliphatic rings. The number of benzene rings is 1. The number of ether oxygens (including phenoxy) is 1. The van der Waals surface area contributed by atoms with Crippen LogP contribution in [0.15, 0.2) is 77.1 Å². The third kappa shape index (κ3) is 6.54. The summed E-state index contributed by atoms with van der Waals surface area (Å²) >= 11 is 3.47. The highest BCUT2D eigenvalue weighted by Crippen LogP contribution is 2.28. The van der Waals surface area contributed by atoms with E-state index in [9.17, 15) is 0 Å². The normalized spacial score (nSPS) is 10.7. The van der Waals surface area contributed by atoms with Crippen LogP contribution in [0.25, 0.3) is 11.1 Å². The van der Waals surface area contributed by atoms with Crippen molar-refractivity contribution in [2.75, 3.05) is 13.1 Å². The van der Waals surface area contributed by atoms with Crippen molar-refractivity contribution in [2.45, 2.75) is 26.5 Å². The van der Waals surface area contributed by atoms with Gasteiger partial charge in [0.1, 0.15) is 12.4 Å². The van der Waals surface area contributed by atoms with Crippen molar-refractivity contribution < 1.29 is 4.74 Å². The molecule has 4 aromatic rings. The van der Waals surface area contributed by atoms with Crippen molar-refractivity contribution in [2.24, 2.45) is 0 Å². The molecule has 5 heteroatoms. The number of hydrogen-bond donors (Lipinski definition) is 0. The van der Waals surface area contributed by atoms with Crippen LogP contribution in [0.3, 0.4) is 0 Å². The Balaban J connectivity index is 1.34. The summed E-state index contributed by atoms with van der Waals surface area (Å²) in [4.78, 5) is 7.72. The molecule has 3 nitrogen and oxygen atoms in total. The van der Waals surface area contributed by atoms with Gasteiger partial charge in [-0.05, 0) is 82.2 Å². The average molecular weight is 459 g/mol. The largest absolute Gasteiger partial charge is 0.488 e. The number of hydrogen-bond acceptors (Lipinski definition) is 5. The van der Waals surface area contributed by atoms with Crippen LogP contribution in [0, 0.1) is 11.8 Å². The summed E-state index contributed by atoms with van der Waals surface area (Å²) in [5, 5.41) is 6.49. The van der Waals surface area contributed by atoms with Crippen LogP contribution in [-0.4, -0.2) is 23.0 Å². The molecule has 32 heavy (non-hydrogen) atoms. The molecule has 0 spiro atoms. The molecule has 162 valence electrons. The summed E-state index contributed by atoms with van der Waals surface area (Å²) < 4.78 is 6.10. The lowest BCUT2D eigenvalue weighted by molar-refractivity contribution is 0.294. The van der Waals surface area contributed by atoms with E-state index in [1.54, 1.807) is 35.1 Å². The molecule has 0 fully saturated rings. The predicted molar refractivity (Wildman–Crippen MR) is 135 cm³/mol. The molecule has 4 rings (SSSR count). The molecule has 1 aromatic carbocycles. The number of nitrogens with zero attached hydrogens (tertiary/aromatic N) is 2. The minimum Gasteiger partial charge on any atom is -0.488 e. The van der Waals surface area contributed by atoms with Crippen LogP contribution in [0.5, 0.6) is 5.75 Å². The Bertz CT molecular complexity index is 1160. The van der Waals surface area contributed by atoms with Crippen molar-refractivity contribution in [1.82, 2.24) is 9.88 Å². The van der Waals surface area contributed by atoms with Crippen molar-refractivity contribution in [3.8, 4) is 28.7 Å². The van der Waals surface area contributed by atoms with Gasteiger partial charge < -0.3 is 4.74 Å². The number of rotatable bonds is 9. The van der Waals surface area contributed by atoms with Crippen molar-refractivity contribution in [3.63, 3.8) is 0 Å². The Labute approximate surface area is 198 Å². The summed E-state index contributed by atoms with van der Waals surface area (Å²) in [5.74, 6) is 7.40. The number of pyridine rings is 1. The van der Waals surface area contributed by atoms with Crippen LogP contribution in [0.1, 0.15) is 29.3 Å². The molecule has 0 amide bonds. The first kappa shape index (κ1) is 22.3. The van der Waals surface area contributed by atoms with Crippen LogP contribution >= 0.6 is 22.7 Å². The van der Waals surface area contributed by atoms with Crippen molar-refractivity contribution in [3.05, 3.63) is 93.1 Å². The molecule has 0 atom stereocenters. The Kier molecular flexibility index (Phi) is 8.11. The second-order valence-corrected chi connectivity index (χ2v) is 9.28. The zero-order chi connectivity index (χ0) is 22.0. The van der Waals surface area contributed by atoms with E-state index in [0.717, 1.165) is 37.4 Å². The van der Waals surface area contributed by atoms with Gasteiger partial charge in [0.25, 0.3) is 0 Å². The van der Waals surface area contributed by atoms with Gasteiger partial charge in [-0.3, -0.25) is 9.88 Å². The molecule has 0 N–H and O–H groups in total. The van der Waals surface area contributed by atoms with Crippen LogP contribution < -0.4 is 4.74 Å². The Morgan fingerprint density at radius 1 is 1.06 bits per heavy atom. The number of thiophene rings is 2. The van der Waals surface area contributed by atoms with Crippen LogP contribution in [0.4, 0.5) is 0 Å². The van der Waals surface area contributed by atoms with E-state index in [4.69, 9.17) is 4.74 Å². The quantitative estimate of drug-likeness (QED) is 0.261. The third-order valence-corrected chi connectivity index (χ3v) is 6.52. The first-order valence-corrected chi connectivity index (χ1v) is 12.6. The molecule has 0 aliphatic carbocycles. The van der Waals surface area contributed by atoms with E-state index in [-0.39, 0.29) is 0 Å². The van der Waals surface area contributed by atoms with Gasteiger partial charge in [-0.15, -0.1) is 11.3 Å². The Morgan fingerprint density at radius 3 is 2.84 bits per heavy atom. The van der Waals surface area contributed by atoms with Gasteiger partial charge in [-0.1, -0.05) is 30.9 Å². The van der Waals surface area contributed by atoms with Crippen LogP contribution in [-0.2, 0) is 13.2 Å². The molecular formula is C27H26N2OS2. The molecule has 0 saturated carbocycles. The van der Waals surface area contributed by atoms with Gasteiger partial charge in [0.05, 0.1) is 6.54 Å². The maximum absolute atomic E-state index is 6.10. The molecule has 0 bridgehead atoms. The summed E-state index contributed by atoms with van der Waals surface area (Å²) in [6.07, 6.45) is 4.66. The Morgan fingerprint density at radius 2 is 2.03 bits per heavy atom. The summed E-state index contributed by atoms with van der Waals surface area (Å²) in [5.41, 5.74) is 4.74. The SMILES string of the molecule is CCCN(CC#Cc1cccnc1)Cc1cccc(OCc2cc(-c3ccsc3)cs2)c1. The van der Waals surface area contributed by atoms with E-state index in [1.165, 1.54) is 21.6 Å². The fourth-order valence-electron chi connectivity index (χ4n) is 3.40. The van der Waals surface area contributed by atoms with E-state index < -0.39 is 0 Å². The van der Waals surface area contributed by atoms with E-state index in [0.29, 0.717) is 6.61 Å². The summed E-state index contributed by atoms with van der Waals surface area (Å²) in [6, 6.07) is 16.7. The van der Waals surface area contributed by atoms with Crippen molar-refractivity contribution in [1.29, 1.82) is 0 Å². The van der Waals surface area contributed by atoms with Gasteiger partial charge in [-0.2, -0.15) is 11.3 Å².